The highest BCUT2D eigenvalue weighted by atomic mass is 16.3. The van der Waals surface area contributed by atoms with Crippen molar-refractivity contribution in [2.75, 3.05) is 6.61 Å². The highest BCUT2D eigenvalue weighted by Crippen LogP contribution is 2.15. The summed E-state index contributed by atoms with van der Waals surface area (Å²) >= 11 is 0. The molecule has 1 amide bonds. The van der Waals surface area contributed by atoms with Crippen molar-refractivity contribution >= 4 is 16.8 Å². The number of aliphatic hydroxyl groups is 1. The molecule has 100 valence electrons. The molecule has 0 aliphatic carbocycles. The number of pyridine rings is 1. The Kier molecular flexibility index (Phi) is 4.12. The van der Waals surface area contributed by atoms with E-state index in [0.29, 0.717) is 12.0 Å². The van der Waals surface area contributed by atoms with Gasteiger partial charge in [-0.05, 0) is 37.6 Å². The minimum atomic E-state index is -0.195. The van der Waals surface area contributed by atoms with Crippen LogP contribution in [-0.4, -0.2) is 28.6 Å². The molecule has 2 aromatic rings. The van der Waals surface area contributed by atoms with E-state index in [9.17, 15) is 4.79 Å². The third-order valence-electron chi connectivity index (χ3n) is 3.14. The van der Waals surface area contributed by atoms with Crippen LogP contribution in [-0.2, 0) is 0 Å². The van der Waals surface area contributed by atoms with Gasteiger partial charge in [-0.2, -0.15) is 0 Å². The second-order valence-corrected chi connectivity index (χ2v) is 4.62. The molecule has 2 N–H and O–H groups in total. The molecule has 4 nitrogen and oxygen atoms in total. The number of benzene rings is 1. The summed E-state index contributed by atoms with van der Waals surface area (Å²) in [5.74, 6) is -0.164. The first-order chi connectivity index (χ1) is 9.13. The minimum Gasteiger partial charge on any atom is -0.394 e. The maximum absolute atomic E-state index is 12.0. The predicted molar refractivity (Wildman–Crippen MR) is 75.1 cm³/mol. The second kappa shape index (κ2) is 5.80. The molecule has 0 fully saturated rings. The number of rotatable bonds is 4. The lowest BCUT2D eigenvalue weighted by atomic mass is 10.1. The fourth-order valence-electron chi connectivity index (χ4n) is 1.91. The largest absolute Gasteiger partial charge is 0.394 e. The first-order valence-corrected chi connectivity index (χ1v) is 6.43. The molecule has 0 spiro atoms. The van der Waals surface area contributed by atoms with E-state index in [0.717, 1.165) is 16.6 Å². The summed E-state index contributed by atoms with van der Waals surface area (Å²) in [6, 6.07) is 9.11. The second-order valence-electron chi connectivity index (χ2n) is 4.62. The SMILES string of the molecule is CCC(CO)NC(=O)c1ccc2nc(C)ccc2c1. The number of nitrogens with zero attached hydrogens (tertiary/aromatic N) is 1. The Morgan fingerprint density at radius 1 is 1.37 bits per heavy atom. The monoisotopic (exact) mass is 258 g/mol. The lowest BCUT2D eigenvalue weighted by Crippen LogP contribution is -2.36. The number of aliphatic hydroxyl groups excluding tert-OH is 1. The zero-order chi connectivity index (χ0) is 13.8. The molecule has 0 bridgehead atoms. The van der Waals surface area contributed by atoms with Gasteiger partial charge in [-0.25, -0.2) is 0 Å². The van der Waals surface area contributed by atoms with Gasteiger partial charge in [0, 0.05) is 16.6 Å². The number of hydrogen-bond acceptors (Lipinski definition) is 3. The van der Waals surface area contributed by atoms with Crippen LogP contribution in [0.1, 0.15) is 29.4 Å². The van der Waals surface area contributed by atoms with Crippen molar-refractivity contribution in [2.45, 2.75) is 26.3 Å². The predicted octanol–water partition coefficient (Wildman–Crippen LogP) is 2.04. The zero-order valence-corrected chi connectivity index (χ0v) is 11.2. The Morgan fingerprint density at radius 2 is 2.16 bits per heavy atom. The van der Waals surface area contributed by atoms with Crippen molar-refractivity contribution in [1.82, 2.24) is 10.3 Å². The van der Waals surface area contributed by atoms with E-state index in [2.05, 4.69) is 10.3 Å². The van der Waals surface area contributed by atoms with Gasteiger partial charge < -0.3 is 10.4 Å². The number of carbonyl (C=O) groups excluding carboxylic acids is 1. The summed E-state index contributed by atoms with van der Waals surface area (Å²) in [7, 11) is 0. The summed E-state index contributed by atoms with van der Waals surface area (Å²) < 4.78 is 0. The van der Waals surface area contributed by atoms with Crippen LogP contribution in [0.3, 0.4) is 0 Å². The fraction of sp³-hybridized carbons (Fsp3) is 0.333. The molecule has 1 atom stereocenters. The van der Waals surface area contributed by atoms with Gasteiger partial charge in [0.1, 0.15) is 0 Å². The molecular formula is C15H18N2O2. The lowest BCUT2D eigenvalue weighted by Gasteiger charge is -2.14. The molecule has 0 aliphatic rings. The smallest absolute Gasteiger partial charge is 0.251 e. The van der Waals surface area contributed by atoms with Crippen LogP contribution in [0.25, 0.3) is 10.9 Å². The van der Waals surface area contributed by atoms with Crippen LogP contribution in [0.4, 0.5) is 0 Å². The Labute approximate surface area is 112 Å². The van der Waals surface area contributed by atoms with Crippen molar-refractivity contribution in [3.8, 4) is 0 Å². The van der Waals surface area contributed by atoms with Crippen molar-refractivity contribution in [2.24, 2.45) is 0 Å². The van der Waals surface area contributed by atoms with Crippen LogP contribution in [0.2, 0.25) is 0 Å². The van der Waals surface area contributed by atoms with Crippen LogP contribution in [0, 0.1) is 6.92 Å². The molecule has 1 heterocycles. The lowest BCUT2D eigenvalue weighted by molar-refractivity contribution is 0.0915. The van der Waals surface area contributed by atoms with E-state index >= 15 is 0 Å². The highest BCUT2D eigenvalue weighted by molar-refractivity contribution is 5.98. The molecular weight excluding hydrogens is 240 g/mol. The Balaban J connectivity index is 2.25. The van der Waals surface area contributed by atoms with Gasteiger partial charge >= 0.3 is 0 Å². The molecule has 2 rings (SSSR count). The molecule has 1 aromatic heterocycles. The molecule has 4 heteroatoms. The number of amides is 1. The Bertz CT molecular complexity index is 592. The first kappa shape index (κ1) is 13.5. The van der Waals surface area contributed by atoms with E-state index in [4.69, 9.17) is 5.11 Å². The summed E-state index contributed by atoms with van der Waals surface area (Å²) in [6.45, 7) is 3.82. The first-order valence-electron chi connectivity index (χ1n) is 6.43. The molecule has 0 saturated carbocycles. The molecule has 0 aliphatic heterocycles. The van der Waals surface area contributed by atoms with Crippen LogP contribution >= 0.6 is 0 Å². The normalized spacial score (nSPS) is 12.4. The number of aromatic nitrogens is 1. The maximum Gasteiger partial charge on any atom is 0.251 e. The Morgan fingerprint density at radius 3 is 2.84 bits per heavy atom. The Hall–Kier alpha value is -1.94. The summed E-state index contributed by atoms with van der Waals surface area (Å²) in [5.41, 5.74) is 2.42. The summed E-state index contributed by atoms with van der Waals surface area (Å²) in [5, 5.41) is 12.8. The van der Waals surface area contributed by atoms with E-state index in [1.807, 2.05) is 38.1 Å². The van der Waals surface area contributed by atoms with Crippen LogP contribution < -0.4 is 5.32 Å². The van der Waals surface area contributed by atoms with E-state index in [1.54, 1.807) is 6.07 Å². The molecule has 1 unspecified atom stereocenters. The quantitative estimate of drug-likeness (QED) is 0.882. The standard InChI is InChI=1S/C15H18N2O2/c1-3-13(9-18)17-15(19)12-6-7-14-11(8-12)5-4-10(2)16-14/h4-8,13,18H,3,9H2,1-2H3,(H,17,19). The fourth-order valence-corrected chi connectivity index (χ4v) is 1.91. The van der Waals surface area contributed by atoms with Gasteiger partial charge in [-0.15, -0.1) is 0 Å². The van der Waals surface area contributed by atoms with Gasteiger partial charge in [0.25, 0.3) is 5.91 Å². The van der Waals surface area contributed by atoms with Gasteiger partial charge in [-0.3, -0.25) is 9.78 Å². The van der Waals surface area contributed by atoms with Crippen LogP contribution in [0.15, 0.2) is 30.3 Å². The minimum absolute atomic E-state index is 0.0451. The molecule has 1 aromatic carbocycles. The molecule has 0 saturated heterocycles. The van der Waals surface area contributed by atoms with Gasteiger partial charge in [0.15, 0.2) is 0 Å². The van der Waals surface area contributed by atoms with Gasteiger partial charge in [0.05, 0.1) is 18.2 Å². The number of hydrogen-bond donors (Lipinski definition) is 2. The van der Waals surface area contributed by atoms with E-state index in [-0.39, 0.29) is 18.6 Å². The molecule has 0 radical (unpaired) electrons. The third kappa shape index (κ3) is 3.09. The number of nitrogens with one attached hydrogen (secondary N) is 1. The van der Waals surface area contributed by atoms with Crippen molar-refractivity contribution < 1.29 is 9.90 Å². The average molecular weight is 258 g/mol. The number of carbonyl (C=O) groups is 1. The number of fused-ring (bicyclic) bond motifs is 1. The zero-order valence-electron chi connectivity index (χ0n) is 11.2. The van der Waals surface area contributed by atoms with Crippen molar-refractivity contribution in [3.63, 3.8) is 0 Å². The number of aryl methyl sites for hydroxylation is 1. The van der Waals surface area contributed by atoms with E-state index < -0.39 is 0 Å². The van der Waals surface area contributed by atoms with Gasteiger partial charge in [-0.1, -0.05) is 13.0 Å². The average Bonchev–Trinajstić information content (AvgIpc) is 2.43. The highest BCUT2D eigenvalue weighted by Gasteiger charge is 2.11. The maximum atomic E-state index is 12.0. The summed E-state index contributed by atoms with van der Waals surface area (Å²) in [6.07, 6.45) is 0.705. The van der Waals surface area contributed by atoms with Crippen LogP contribution in [0.5, 0.6) is 0 Å². The van der Waals surface area contributed by atoms with E-state index in [1.165, 1.54) is 0 Å². The topological polar surface area (TPSA) is 62.2 Å². The molecule has 19 heavy (non-hydrogen) atoms. The third-order valence-corrected chi connectivity index (χ3v) is 3.14. The summed E-state index contributed by atoms with van der Waals surface area (Å²) in [4.78, 5) is 16.4. The van der Waals surface area contributed by atoms with Gasteiger partial charge in [0.2, 0.25) is 0 Å². The van der Waals surface area contributed by atoms with Crippen molar-refractivity contribution in [3.05, 3.63) is 41.6 Å². The van der Waals surface area contributed by atoms with Crippen molar-refractivity contribution in [1.29, 1.82) is 0 Å².